The first-order valence-electron chi connectivity index (χ1n) is 8.03. The number of hydrogen-bond donors (Lipinski definition) is 2. The van der Waals surface area contributed by atoms with E-state index in [0.717, 1.165) is 0 Å². The molecule has 0 unspecified atom stereocenters. The van der Waals surface area contributed by atoms with Gasteiger partial charge in [-0.2, -0.15) is 0 Å². The van der Waals surface area contributed by atoms with Gasteiger partial charge < -0.3 is 24.8 Å². The number of para-hydroxylation sites is 1. The lowest BCUT2D eigenvalue weighted by molar-refractivity contribution is -0.286. The van der Waals surface area contributed by atoms with Gasteiger partial charge in [0.15, 0.2) is 11.5 Å². The Hall–Kier alpha value is -2.68. The molecule has 7 nitrogen and oxygen atoms in total. The summed E-state index contributed by atoms with van der Waals surface area (Å²) in [6, 6.07) is 4.00. The van der Waals surface area contributed by atoms with E-state index in [4.69, 9.17) is 0 Å². The fraction of sp³-hybridized carbons (Fsp3) is 0.412. The van der Waals surface area contributed by atoms with Crippen LogP contribution < -0.4 is 14.8 Å². The number of likely N-dealkylation sites (tertiary alicyclic amines) is 1. The number of rotatable bonds is 4. The van der Waals surface area contributed by atoms with Gasteiger partial charge in [-0.3, -0.25) is 9.59 Å². The quantitative estimate of drug-likeness (QED) is 0.782. The van der Waals surface area contributed by atoms with Gasteiger partial charge in [0.2, 0.25) is 5.91 Å². The van der Waals surface area contributed by atoms with Gasteiger partial charge in [0.1, 0.15) is 0 Å². The second-order valence-electron chi connectivity index (χ2n) is 6.22. The Morgan fingerprint density at radius 3 is 2.62 bits per heavy atom. The fourth-order valence-corrected chi connectivity index (χ4v) is 3.06. The molecule has 1 fully saturated rings. The van der Waals surface area contributed by atoms with E-state index in [1.54, 1.807) is 4.90 Å². The third-order valence-corrected chi connectivity index (χ3v) is 4.56. The zero-order chi connectivity index (χ0) is 18.9. The summed E-state index contributed by atoms with van der Waals surface area (Å²) in [4.78, 5) is 25.8. The Bertz CT molecular complexity index is 745. The highest BCUT2D eigenvalue weighted by atomic mass is 19.3. The van der Waals surface area contributed by atoms with Crippen molar-refractivity contribution in [2.45, 2.75) is 24.7 Å². The molecular weight excluding hydrogens is 350 g/mol. The number of fused-ring (bicyclic) bond motifs is 1. The van der Waals surface area contributed by atoms with Crippen LogP contribution >= 0.6 is 0 Å². The molecule has 9 heteroatoms. The second-order valence-corrected chi connectivity index (χ2v) is 6.22. The minimum atomic E-state index is -3.83. The van der Waals surface area contributed by atoms with Crippen LogP contribution in [-0.4, -0.2) is 53.4 Å². The number of aliphatic hydroxyl groups is 1. The minimum Gasteiger partial charge on any atom is -0.395 e. The fourth-order valence-electron chi connectivity index (χ4n) is 3.06. The number of aliphatic hydroxyl groups excluding tert-OH is 1. The number of nitrogens with zero attached hydrogens (tertiary/aromatic N) is 1. The highest BCUT2D eigenvalue weighted by Crippen LogP contribution is 2.43. The van der Waals surface area contributed by atoms with Gasteiger partial charge in [-0.05, 0) is 31.1 Å². The third kappa shape index (κ3) is 3.34. The lowest BCUT2D eigenvalue weighted by Gasteiger charge is -2.41. The van der Waals surface area contributed by atoms with Crippen molar-refractivity contribution in [1.82, 2.24) is 10.2 Å². The Morgan fingerprint density at radius 2 is 2.00 bits per heavy atom. The summed E-state index contributed by atoms with van der Waals surface area (Å²) in [6.45, 7) is 3.74. The number of hydrogen-bond acceptors (Lipinski definition) is 5. The summed E-state index contributed by atoms with van der Waals surface area (Å²) in [7, 11) is 0. The van der Waals surface area contributed by atoms with E-state index in [0.29, 0.717) is 25.9 Å². The predicted molar refractivity (Wildman–Crippen MR) is 85.9 cm³/mol. The number of amides is 2. The van der Waals surface area contributed by atoms with Crippen LogP contribution in [0.2, 0.25) is 0 Å². The highest BCUT2D eigenvalue weighted by Gasteiger charge is 2.46. The van der Waals surface area contributed by atoms with E-state index in [1.807, 2.05) is 0 Å². The minimum absolute atomic E-state index is 0.114. The van der Waals surface area contributed by atoms with Crippen LogP contribution in [0, 0.1) is 0 Å². The van der Waals surface area contributed by atoms with Crippen LogP contribution in [0.1, 0.15) is 23.2 Å². The lowest BCUT2D eigenvalue weighted by Crippen LogP contribution is -2.58. The van der Waals surface area contributed by atoms with Gasteiger partial charge in [0.25, 0.3) is 5.91 Å². The molecule has 26 heavy (non-hydrogen) atoms. The molecule has 0 spiro atoms. The molecule has 0 radical (unpaired) electrons. The molecule has 0 aromatic heterocycles. The highest BCUT2D eigenvalue weighted by molar-refractivity contribution is 5.98. The van der Waals surface area contributed by atoms with Crippen molar-refractivity contribution in [3.63, 3.8) is 0 Å². The number of benzene rings is 1. The van der Waals surface area contributed by atoms with Gasteiger partial charge in [-0.25, -0.2) is 0 Å². The van der Waals surface area contributed by atoms with Crippen molar-refractivity contribution >= 4 is 11.8 Å². The van der Waals surface area contributed by atoms with E-state index in [9.17, 15) is 23.5 Å². The number of piperidine rings is 1. The van der Waals surface area contributed by atoms with Crippen molar-refractivity contribution in [3.8, 4) is 11.5 Å². The first-order chi connectivity index (χ1) is 12.3. The van der Waals surface area contributed by atoms with Gasteiger partial charge >= 0.3 is 6.29 Å². The summed E-state index contributed by atoms with van der Waals surface area (Å²) < 4.78 is 35.3. The molecule has 2 aliphatic rings. The summed E-state index contributed by atoms with van der Waals surface area (Å²) >= 11 is 0. The Balaban J connectivity index is 1.75. The van der Waals surface area contributed by atoms with E-state index < -0.39 is 17.7 Å². The SMILES string of the molecule is C=CC(=O)N1CCC(CO)(NC(=O)c2cccc3c2OC(F)(F)O3)CC1. The average molecular weight is 368 g/mol. The van der Waals surface area contributed by atoms with Gasteiger partial charge in [-0.15, -0.1) is 8.78 Å². The van der Waals surface area contributed by atoms with Crippen molar-refractivity contribution in [3.05, 3.63) is 36.4 Å². The Labute approximate surface area is 148 Å². The molecular formula is C17H18F2N2O5. The molecule has 0 aliphatic carbocycles. The Kier molecular flexibility index (Phi) is 4.57. The summed E-state index contributed by atoms with van der Waals surface area (Å²) in [5.74, 6) is -1.47. The van der Waals surface area contributed by atoms with Gasteiger partial charge in [0.05, 0.1) is 17.7 Å². The van der Waals surface area contributed by atoms with Crippen LogP contribution in [0.4, 0.5) is 8.78 Å². The molecule has 2 N–H and O–H groups in total. The van der Waals surface area contributed by atoms with Crippen LogP contribution in [0.5, 0.6) is 11.5 Å². The van der Waals surface area contributed by atoms with E-state index >= 15 is 0 Å². The molecule has 1 saturated heterocycles. The molecule has 2 aliphatic heterocycles. The smallest absolute Gasteiger partial charge is 0.395 e. The standard InChI is InChI=1S/C17H18F2N2O5/c1-2-13(23)21-8-6-16(10-22,7-9-21)20-15(24)11-4-3-5-12-14(11)26-17(18,19)25-12/h2-5,22H,1,6-10H2,(H,20,24). The molecule has 2 amide bonds. The summed E-state index contributed by atoms with van der Waals surface area (Å²) in [6.07, 6.45) is -1.99. The zero-order valence-electron chi connectivity index (χ0n) is 13.8. The molecule has 1 aromatic carbocycles. The first-order valence-corrected chi connectivity index (χ1v) is 8.03. The van der Waals surface area contributed by atoms with Gasteiger partial charge in [0, 0.05) is 13.1 Å². The van der Waals surface area contributed by atoms with Crippen LogP contribution in [0.15, 0.2) is 30.9 Å². The van der Waals surface area contributed by atoms with E-state index in [2.05, 4.69) is 21.4 Å². The molecule has 2 heterocycles. The topological polar surface area (TPSA) is 88.1 Å². The number of alkyl halides is 2. The second kappa shape index (κ2) is 6.56. The van der Waals surface area contributed by atoms with Crippen molar-refractivity contribution in [1.29, 1.82) is 0 Å². The molecule has 1 aromatic rings. The first kappa shape index (κ1) is 18.1. The number of ether oxygens (including phenoxy) is 2. The largest absolute Gasteiger partial charge is 0.586 e. The maximum Gasteiger partial charge on any atom is 0.586 e. The molecule has 0 atom stereocenters. The zero-order valence-corrected chi connectivity index (χ0v) is 13.8. The third-order valence-electron chi connectivity index (χ3n) is 4.56. The van der Waals surface area contributed by atoms with Crippen molar-refractivity contribution in [2.75, 3.05) is 19.7 Å². The normalized spacial score (nSPS) is 19.7. The van der Waals surface area contributed by atoms with Crippen LogP contribution in [-0.2, 0) is 4.79 Å². The summed E-state index contributed by atoms with van der Waals surface area (Å²) in [5, 5.41) is 12.5. The number of carbonyl (C=O) groups excluding carboxylic acids is 2. The lowest BCUT2D eigenvalue weighted by atomic mass is 9.87. The summed E-state index contributed by atoms with van der Waals surface area (Å²) in [5.41, 5.74) is -1.07. The van der Waals surface area contributed by atoms with Crippen molar-refractivity contribution < 1.29 is 33.0 Å². The Morgan fingerprint density at radius 1 is 1.31 bits per heavy atom. The molecule has 140 valence electrons. The maximum atomic E-state index is 13.3. The molecule has 0 saturated carbocycles. The van der Waals surface area contributed by atoms with E-state index in [1.165, 1.54) is 24.3 Å². The average Bonchev–Trinajstić information content (AvgIpc) is 2.95. The predicted octanol–water partition coefficient (Wildman–Crippen LogP) is 1.28. The van der Waals surface area contributed by atoms with Crippen LogP contribution in [0.25, 0.3) is 0 Å². The van der Waals surface area contributed by atoms with E-state index in [-0.39, 0.29) is 29.6 Å². The molecule has 0 bridgehead atoms. The van der Waals surface area contributed by atoms with Crippen molar-refractivity contribution in [2.24, 2.45) is 0 Å². The monoisotopic (exact) mass is 368 g/mol. The van der Waals surface area contributed by atoms with Gasteiger partial charge in [-0.1, -0.05) is 12.6 Å². The van der Waals surface area contributed by atoms with Crippen LogP contribution in [0.3, 0.4) is 0 Å². The number of halogens is 2. The number of nitrogens with one attached hydrogen (secondary N) is 1. The number of carbonyl (C=O) groups is 2. The molecule has 3 rings (SSSR count). The maximum absolute atomic E-state index is 13.3.